The van der Waals surface area contributed by atoms with Gasteiger partial charge in [-0.15, -0.1) is 0 Å². The molecule has 10 nitrogen and oxygen atoms in total. The van der Waals surface area contributed by atoms with Gasteiger partial charge in [0.2, 0.25) is 11.7 Å². The third-order valence-corrected chi connectivity index (χ3v) is 9.61. The highest BCUT2D eigenvalue weighted by molar-refractivity contribution is 6.22. The van der Waals surface area contributed by atoms with Crippen molar-refractivity contribution in [3.63, 3.8) is 0 Å². The number of primary amides is 1. The molecule has 0 saturated heterocycles. The van der Waals surface area contributed by atoms with Gasteiger partial charge in [-0.25, -0.2) is 0 Å². The van der Waals surface area contributed by atoms with Gasteiger partial charge in [-0.1, -0.05) is 45.0 Å². The fraction of sp³-hybridized carbons (Fsp3) is 0.412. The van der Waals surface area contributed by atoms with Gasteiger partial charge < -0.3 is 31.5 Å². The van der Waals surface area contributed by atoms with Gasteiger partial charge in [0.15, 0.2) is 11.4 Å². The van der Waals surface area contributed by atoms with Crippen molar-refractivity contribution in [2.24, 2.45) is 23.5 Å². The largest absolute Gasteiger partial charge is 0.508 e. The van der Waals surface area contributed by atoms with Crippen molar-refractivity contribution in [1.82, 2.24) is 5.32 Å². The molecule has 4 aliphatic carbocycles. The fourth-order valence-corrected chi connectivity index (χ4v) is 6.96. The second-order valence-corrected chi connectivity index (χ2v) is 13.5. The Morgan fingerprint density at radius 1 is 1.05 bits per heavy atom. The van der Waals surface area contributed by atoms with Crippen LogP contribution in [0.5, 0.6) is 5.75 Å². The predicted molar refractivity (Wildman–Crippen MR) is 160 cm³/mol. The summed E-state index contributed by atoms with van der Waals surface area (Å²) < 4.78 is 0. The first-order chi connectivity index (χ1) is 20.6. The average molecular weight is 601 g/mol. The molecule has 10 heteroatoms. The number of carbonyl (C=O) groups excluding carboxylic acids is 4. The molecule has 4 aliphatic rings. The van der Waals surface area contributed by atoms with Gasteiger partial charge in [-0.3, -0.25) is 19.2 Å². The lowest BCUT2D eigenvalue weighted by atomic mass is 9.59. The zero-order valence-corrected chi connectivity index (χ0v) is 24.9. The Morgan fingerprint density at radius 2 is 1.70 bits per heavy atom. The van der Waals surface area contributed by atoms with Crippen LogP contribution in [0.1, 0.15) is 68.7 Å². The number of benzene rings is 2. The minimum atomic E-state index is -2.63. The van der Waals surface area contributed by atoms with Crippen molar-refractivity contribution in [2.75, 3.05) is 0 Å². The van der Waals surface area contributed by atoms with Crippen LogP contribution in [0, 0.1) is 17.8 Å². The number of aliphatic hydroxyl groups excluding tert-OH is 2. The van der Waals surface area contributed by atoms with Crippen molar-refractivity contribution in [2.45, 2.75) is 70.4 Å². The van der Waals surface area contributed by atoms with Crippen molar-refractivity contribution in [3.05, 3.63) is 69.5 Å². The maximum atomic E-state index is 13.9. The zero-order valence-electron chi connectivity index (χ0n) is 24.9. The van der Waals surface area contributed by atoms with Crippen molar-refractivity contribution in [3.8, 4) is 16.9 Å². The SMILES string of the molecule is CC(C)(C)c1ccc(-c2cc(CNC(=O)C3CC3)c(O)c3c2CC2CC4CC(=O)C(C(N)=O)=C(O)C4(O)C(=O)C2=C3O)cc1. The Labute approximate surface area is 254 Å². The Bertz CT molecular complexity index is 1710. The van der Waals surface area contributed by atoms with Crippen LogP contribution < -0.4 is 11.1 Å². The van der Waals surface area contributed by atoms with Crippen LogP contribution in [0.2, 0.25) is 0 Å². The summed E-state index contributed by atoms with van der Waals surface area (Å²) in [4.78, 5) is 51.0. The molecular weight excluding hydrogens is 564 g/mol. The molecule has 6 rings (SSSR count). The molecule has 230 valence electrons. The van der Waals surface area contributed by atoms with Crippen LogP contribution in [0.15, 0.2) is 47.2 Å². The highest BCUT2D eigenvalue weighted by Crippen LogP contribution is 2.53. The Morgan fingerprint density at radius 3 is 2.30 bits per heavy atom. The van der Waals surface area contributed by atoms with E-state index in [2.05, 4.69) is 26.1 Å². The van der Waals surface area contributed by atoms with E-state index in [0.717, 1.165) is 24.0 Å². The summed E-state index contributed by atoms with van der Waals surface area (Å²) in [7, 11) is 0. The normalized spacial score (nSPS) is 24.9. The summed E-state index contributed by atoms with van der Waals surface area (Å²) in [6.45, 7) is 6.30. The number of phenols is 1. The Kier molecular flexibility index (Phi) is 6.77. The lowest BCUT2D eigenvalue weighted by Gasteiger charge is -2.46. The quantitative estimate of drug-likeness (QED) is 0.282. The van der Waals surface area contributed by atoms with Gasteiger partial charge in [-0.05, 0) is 65.3 Å². The number of phenolic OH excluding ortho intramolecular Hbond substituents is 1. The van der Waals surface area contributed by atoms with Crippen LogP contribution in [-0.2, 0) is 37.6 Å². The first-order valence-electron chi connectivity index (χ1n) is 14.9. The van der Waals surface area contributed by atoms with Gasteiger partial charge in [-0.2, -0.15) is 0 Å². The number of nitrogens with two attached hydrogens (primary N) is 1. The zero-order chi connectivity index (χ0) is 31.9. The number of carbonyl (C=O) groups is 4. The molecule has 2 aromatic rings. The molecule has 2 saturated carbocycles. The predicted octanol–water partition coefficient (Wildman–Crippen LogP) is 3.41. The van der Waals surface area contributed by atoms with E-state index in [1.54, 1.807) is 6.07 Å². The molecule has 2 fully saturated rings. The molecule has 2 amide bonds. The number of aliphatic hydroxyl groups is 3. The molecule has 2 aromatic carbocycles. The first kappa shape index (κ1) is 29.6. The summed E-state index contributed by atoms with van der Waals surface area (Å²) in [5.41, 5.74) is 5.06. The van der Waals surface area contributed by atoms with Gasteiger partial charge in [0.25, 0.3) is 5.91 Å². The second-order valence-electron chi connectivity index (χ2n) is 13.5. The van der Waals surface area contributed by atoms with E-state index in [9.17, 15) is 39.6 Å². The topological polar surface area (TPSA) is 187 Å². The minimum absolute atomic E-state index is 0.00481. The molecule has 0 heterocycles. The molecule has 0 radical (unpaired) electrons. The molecule has 44 heavy (non-hydrogen) atoms. The number of fused-ring (bicyclic) bond motifs is 3. The lowest BCUT2D eigenvalue weighted by Crippen LogP contribution is -2.58. The van der Waals surface area contributed by atoms with Gasteiger partial charge in [0.05, 0.1) is 5.56 Å². The van der Waals surface area contributed by atoms with Crippen LogP contribution in [-0.4, -0.2) is 49.4 Å². The maximum absolute atomic E-state index is 13.9. The van der Waals surface area contributed by atoms with E-state index < -0.39 is 52.0 Å². The van der Waals surface area contributed by atoms with Gasteiger partial charge in [0, 0.05) is 35.9 Å². The number of hydrogen-bond acceptors (Lipinski definition) is 8. The molecule has 0 aromatic heterocycles. The van der Waals surface area contributed by atoms with Crippen LogP contribution in [0.3, 0.4) is 0 Å². The summed E-state index contributed by atoms with van der Waals surface area (Å²) in [5.74, 6) is -6.94. The number of amides is 2. The average Bonchev–Trinajstić information content (AvgIpc) is 3.80. The Hall–Kier alpha value is -4.44. The van der Waals surface area contributed by atoms with E-state index in [-0.39, 0.29) is 59.9 Å². The first-order valence-corrected chi connectivity index (χ1v) is 14.9. The minimum Gasteiger partial charge on any atom is -0.508 e. The standard InChI is InChI=1S/C34H36N2O8/c1-33(2,3)19-8-6-15(7-9-19)21-12-18(14-36-32(43)16-4-5-16)27(38)25-22(21)11-17-10-20-13-23(37)26(31(35)42)30(41)34(20,44)29(40)24(17)28(25)39/h6-9,12,16-17,20,38-39,41,44H,4-5,10-11,13-14H2,1-3H3,(H2,35,42)(H,36,43). The molecule has 0 bridgehead atoms. The number of nitrogens with one attached hydrogen (secondary N) is 1. The highest BCUT2D eigenvalue weighted by atomic mass is 16.3. The number of rotatable bonds is 5. The lowest BCUT2D eigenvalue weighted by molar-refractivity contribution is -0.147. The molecule has 0 spiro atoms. The fourth-order valence-electron chi connectivity index (χ4n) is 6.96. The third-order valence-electron chi connectivity index (χ3n) is 9.61. The summed E-state index contributed by atoms with van der Waals surface area (Å²) in [6, 6.07) is 9.71. The van der Waals surface area contributed by atoms with Crippen LogP contribution >= 0.6 is 0 Å². The van der Waals surface area contributed by atoms with Gasteiger partial charge >= 0.3 is 0 Å². The van der Waals surface area contributed by atoms with Gasteiger partial charge in [0.1, 0.15) is 22.8 Å². The van der Waals surface area contributed by atoms with Crippen LogP contribution in [0.4, 0.5) is 0 Å². The van der Waals surface area contributed by atoms with Crippen LogP contribution in [0.25, 0.3) is 16.9 Å². The van der Waals surface area contributed by atoms with Crippen molar-refractivity contribution < 1.29 is 39.6 Å². The third kappa shape index (κ3) is 4.51. The molecule has 7 N–H and O–H groups in total. The molecular formula is C34H36N2O8. The molecule has 3 unspecified atom stereocenters. The maximum Gasteiger partial charge on any atom is 0.255 e. The smallest absolute Gasteiger partial charge is 0.255 e. The van der Waals surface area contributed by atoms with E-state index in [1.165, 1.54) is 0 Å². The monoisotopic (exact) mass is 600 g/mol. The number of ketones is 2. The Balaban J connectivity index is 1.51. The van der Waals surface area contributed by atoms with Crippen molar-refractivity contribution in [1.29, 1.82) is 0 Å². The highest BCUT2D eigenvalue weighted by Gasteiger charge is 2.60. The van der Waals surface area contributed by atoms with E-state index in [0.29, 0.717) is 16.7 Å². The molecule has 3 atom stereocenters. The molecule has 0 aliphatic heterocycles. The number of Topliss-reactive ketones (excluding diaryl/α,β-unsaturated/α-hetero) is 2. The van der Waals surface area contributed by atoms with E-state index >= 15 is 0 Å². The van der Waals surface area contributed by atoms with E-state index in [4.69, 9.17) is 5.73 Å². The summed E-state index contributed by atoms with van der Waals surface area (Å²) >= 11 is 0. The van der Waals surface area contributed by atoms with E-state index in [1.807, 2.05) is 24.3 Å². The number of hydrogen-bond donors (Lipinski definition) is 6. The summed E-state index contributed by atoms with van der Waals surface area (Å²) in [5, 5.41) is 48.4. The summed E-state index contributed by atoms with van der Waals surface area (Å²) in [6.07, 6.45) is 1.46. The second kappa shape index (κ2) is 10.1. The number of aromatic hydroxyl groups is 1. The van der Waals surface area contributed by atoms with Crippen molar-refractivity contribution >= 4 is 29.1 Å².